The Kier molecular flexibility index (Phi) is 6.39. The van der Waals surface area contributed by atoms with Gasteiger partial charge in [-0.05, 0) is 37.3 Å². The van der Waals surface area contributed by atoms with Crippen molar-refractivity contribution in [1.29, 1.82) is 0 Å². The summed E-state index contributed by atoms with van der Waals surface area (Å²) in [7, 11) is 4.36. The number of methoxy groups -OCH3 is 3. The number of hydrogen-bond acceptors (Lipinski definition) is 8. The van der Waals surface area contributed by atoms with Gasteiger partial charge in [-0.2, -0.15) is 5.10 Å². The van der Waals surface area contributed by atoms with Crippen LogP contribution in [0.5, 0.6) is 17.2 Å². The second-order valence-electron chi connectivity index (χ2n) is 6.25. The predicted molar refractivity (Wildman–Crippen MR) is 112 cm³/mol. The number of aromatic nitrogens is 2. The third kappa shape index (κ3) is 4.27. The fourth-order valence-corrected chi connectivity index (χ4v) is 2.96. The first-order valence-corrected chi connectivity index (χ1v) is 9.24. The minimum Gasteiger partial charge on any atom is -0.493 e. The summed E-state index contributed by atoms with van der Waals surface area (Å²) in [5.41, 5.74) is 0.0468. The zero-order chi connectivity index (χ0) is 22.5. The third-order valence-corrected chi connectivity index (χ3v) is 4.42. The van der Waals surface area contributed by atoms with Crippen LogP contribution in [0.15, 0.2) is 35.1 Å². The number of H-pyrrole nitrogens is 1. The number of carbonyl (C=O) groups is 2. The monoisotopic (exact) mass is 427 g/mol. The maximum absolute atomic E-state index is 12.8. The van der Waals surface area contributed by atoms with E-state index in [9.17, 15) is 14.4 Å². The molecular weight excluding hydrogens is 406 g/mol. The van der Waals surface area contributed by atoms with Gasteiger partial charge in [0.05, 0.1) is 38.8 Å². The van der Waals surface area contributed by atoms with Crippen LogP contribution < -0.4 is 25.0 Å². The van der Waals surface area contributed by atoms with Crippen molar-refractivity contribution in [1.82, 2.24) is 10.2 Å². The number of aromatic amines is 1. The number of amides is 1. The first-order valence-electron chi connectivity index (χ1n) is 9.24. The summed E-state index contributed by atoms with van der Waals surface area (Å²) in [6.07, 6.45) is 0. The predicted octanol–water partition coefficient (Wildman–Crippen LogP) is 2.38. The summed E-state index contributed by atoms with van der Waals surface area (Å²) in [5, 5.41) is 9.32. The van der Waals surface area contributed by atoms with Crippen molar-refractivity contribution in [3.8, 4) is 17.2 Å². The molecule has 10 nitrogen and oxygen atoms in total. The molecule has 1 amide bonds. The van der Waals surface area contributed by atoms with Crippen LogP contribution in [0, 0.1) is 0 Å². The lowest BCUT2D eigenvalue weighted by atomic mass is 10.1. The van der Waals surface area contributed by atoms with Gasteiger partial charge in [0.15, 0.2) is 11.5 Å². The van der Waals surface area contributed by atoms with Crippen molar-refractivity contribution in [2.24, 2.45) is 0 Å². The molecule has 2 aromatic carbocycles. The molecule has 0 radical (unpaired) electrons. The number of ether oxygens (including phenoxy) is 4. The molecule has 0 unspecified atom stereocenters. The number of carbonyl (C=O) groups excluding carboxylic acids is 2. The van der Waals surface area contributed by atoms with Gasteiger partial charge in [0.2, 0.25) is 16.9 Å². The SMILES string of the molecule is CCOC(=O)c1n[nH]c2ccc(NC(=O)c3cc(OC)c(OC)c(OC)c3)cc2c1=O. The third-order valence-electron chi connectivity index (χ3n) is 4.42. The lowest BCUT2D eigenvalue weighted by Crippen LogP contribution is -2.21. The lowest BCUT2D eigenvalue weighted by Gasteiger charge is -2.14. The minimum atomic E-state index is -0.822. The Morgan fingerprint density at radius 3 is 2.29 bits per heavy atom. The summed E-state index contributed by atoms with van der Waals surface area (Å²) in [6.45, 7) is 1.74. The molecule has 0 saturated carbocycles. The molecule has 1 aromatic heterocycles. The zero-order valence-electron chi connectivity index (χ0n) is 17.4. The van der Waals surface area contributed by atoms with E-state index in [1.807, 2.05) is 0 Å². The Morgan fingerprint density at radius 1 is 1.03 bits per heavy atom. The summed E-state index contributed by atoms with van der Waals surface area (Å²) in [4.78, 5) is 37.4. The van der Waals surface area contributed by atoms with E-state index >= 15 is 0 Å². The molecule has 1 heterocycles. The highest BCUT2D eigenvalue weighted by atomic mass is 16.5. The molecule has 0 bridgehead atoms. The van der Waals surface area contributed by atoms with Gasteiger partial charge in [-0.3, -0.25) is 14.7 Å². The molecule has 31 heavy (non-hydrogen) atoms. The highest BCUT2D eigenvalue weighted by molar-refractivity contribution is 6.06. The Labute approximate surface area is 177 Å². The molecule has 0 aliphatic carbocycles. The number of fused-ring (bicyclic) bond motifs is 1. The normalized spacial score (nSPS) is 10.5. The quantitative estimate of drug-likeness (QED) is 0.550. The number of anilines is 1. The maximum Gasteiger partial charge on any atom is 0.362 e. The van der Waals surface area contributed by atoms with Gasteiger partial charge in [0.1, 0.15) is 0 Å². The summed E-state index contributed by atoms with van der Waals surface area (Å²) in [5.74, 6) is -0.274. The number of esters is 1. The second-order valence-corrected chi connectivity index (χ2v) is 6.25. The van der Waals surface area contributed by atoms with Crippen molar-refractivity contribution in [2.75, 3.05) is 33.3 Å². The minimum absolute atomic E-state index is 0.114. The van der Waals surface area contributed by atoms with Gasteiger partial charge >= 0.3 is 5.97 Å². The highest BCUT2D eigenvalue weighted by Crippen LogP contribution is 2.38. The molecule has 3 rings (SSSR count). The molecule has 0 saturated heterocycles. The number of nitrogens with one attached hydrogen (secondary N) is 2. The topological polar surface area (TPSA) is 129 Å². The van der Waals surface area contributed by atoms with Crippen LogP contribution >= 0.6 is 0 Å². The first-order chi connectivity index (χ1) is 14.9. The van der Waals surface area contributed by atoms with Gasteiger partial charge in [0, 0.05) is 11.3 Å². The fraction of sp³-hybridized carbons (Fsp3) is 0.238. The van der Waals surface area contributed by atoms with Crippen LogP contribution in [0.4, 0.5) is 5.69 Å². The number of rotatable bonds is 7. The molecule has 0 atom stereocenters. The molecule has 3 aromatic rings. The van der Waals surface area contributed by atoms with E-state index < -0.39 is 17.3 Å². The van der Waals surface area contributed by atoms with Crippen molar-refractivity contribution in [3.05, 3.63) is 51.8 Å². The average Bonchev–Trinajstić information content (AvgIpc) is 2.78. The van der Waals surface area contributed by atoms with Gasteiger partial charge in [-0.25, -0.2) is 4.79 Å². The highest BCUT2D eigenvalue weighted by Gasteiger charge is 2.19. The van der Waals surface area contributed by atoms with E-state index in [0.29, 0.717) is 28.5 Å². The van der Waals surface area contributed by atoms with Gasteiger partial charge in [0.25, 0.3) is 5.91 Å². The molecule has 0 aliphatic heterocycles. The van der Waals surface area contributed by atoms with E-state index in [2.05, 4.69) is 15.5 Å². The molecular formula is C21H21N3O7. The fourth-order valence-electron chi connectivity index (χ4n) is 2.96. The number of nitrogens with zero attached hydrogens (tertiary/aromatic N) is 1. The van der Waals surface area contributed by atoms with E-state index in [1.165, 1.54) is 39.5 Å². The largest absolute Gasteiger partial charge is 0.493 e. The first kappa shape index (κ1) is 21.6. The molecule has 0 aliphatic rings. The van der Waals surface area contributed by atoms with Crippen LogP contribution in [0.2, 0.25) is 0 Å². The average molecular weight is 427 g/mol. The van der Waals surface area contributed by atoms with Crippen LogP contribution in [-0.2, 0) is 4.74 Å². The van der Waals surface area contributed by atoms with E-state index in [-0.39, 0.29) is 23.3 Å². The Hall–Kier alpha value is -4.08. The second kappa shape index (κ2) is 9.16. The Morgan fingerprint density at radius 2 is 1.71 bits per heavy atom. The summed E-state index contributed by atoms with van der Waals surface area (Å²) >= 11 is 0. The number of benzene rings is 2. The van der Waals surface area contributed by atoms with Crippen LogP contribution in [0.1, 0.15) is 27.8 Å². The van der Waals surface area contributed by atoms with Crippen molar-refractivity contribution >= 4 is 28.5 Å². The smallest absolute Gasteiger partial charge is 0.362 e. The van der Waals surface area contributed by atoms with E-state index in [1.54, 1.807) is 19.1 Å². The van der Waals surface area contributed by atoms with Crippen LogP contribution in [0.25, 0.3) is 10.9 Å². The molecule has 0 spiro atoms. The van der Waals surface area contributed by atoms with Gasteiger partial charge in [-0.15, -0.1) is 0 Å². The molecule has 10 heteroatoms. The molecule has 0 fully saturated rings. The van der Waals surface area contributed by atoms with Crippen molar-refractivity contribution in [3.63, 3.8) is 0 Å². The van der Waals surface area contributed by atoms with E-state index in [4.69, 9.17) is 18.9 Å². The molecule has 162 valence electrons. The Bertz CT molecular complexity index is 1180. The lowest BCUT2D eigenvalue weighted by molar-refractivity contribution is 0.0516. The molecule has 2 N–H and O–H groups in total. The standard InChI is InChI=1S/C21H21N3O7/c1-5-31-21(27)17-18(25)13-10-12(6-7-14(13)23-24-17)22-20(26)11-8-15(28-2)19(30-4)16(9-11)29-3/h6-10H,5H2,1-4H3,(H,22,26)(H,23,25). The van der Waals surface area contributed by atoms with Crippen molar-refractivity contribution in [2.45, 2.75) is 6.92 Å². The van der Waals surface area contributed by atoms with Crippen LogP contribution in [0.3, 0.4) is 0 Å². The van der Waals surface area contributed by atoms with Gasteiger partial charge < -0.3 is 24.3 Å². The summed E-state index contributed by atoms with van der Waals surface area (Å²) in [6, 6.07) is 7.64. The van der Waals surface area contributed by atoms with Crippen molar-refractivity contribution < 1.29 is 28.5 Å². The van der Waals surface area contributed by atoms with E-state index in [0.717, 1.165) is 0 Å². The summed E-state index contributed by atoms with van der Waals surface area (Å²) < 4.78 is 20.6. The zero-order valence-corrected chi connectivity index (χ0v) is 17.4. The maximum atomic E-state index is 12.8. The Balaban J connectivity index is 1.96. The number of hydrogen-bond donors (Lipinski definition) is 2. The van der Waals surface area contributed by atoms with Crippen LogP contribution in [-0.4, -0.2) is 50.0 Å². The van der Waals surface area contributed by atoms with Gasteiger partial charge in [-0.1, -0.05) is 0 Å².